The summed E-state index contributed by atoms with van der Waals surface area (Å²) in [5.74, 6) is 0.878. The van der Waals surface area contributed by atoms with Gasteiger partial charge in [-0.15, -0.1) is 0 Å². The number of nitrogens with one attached hydrogen (secondary N) is 1. The van der Waals surface area contributed by atoms with Gasteiger partial charge in [0.05, 0.1) is 6.10 Å². The maximum Gasteiger partial charge on any atom is 0.321 e. The average molecular weight is 388 g/mol. The molecule has 1 N–H and O–H groups in total. The van der Waals surface area contributed by atoms with E-state index in [2.05, 4.69) is 22.3 Å². The van der Waals surface area contributed by atoms with Crippen LogP contribution in [0.2, 0.25) is 5.02 Å². The van der Waals surface area contributed by atoms with Crippen LogP contribution in [-0.4, -0.2) is 43.2 Å². The summed E-state index contributed by atoms with van der Waals surface area (Å²) in [6.07, 6.45) is 0.168. The Hall–Kier alpha value is -2.40. The summed E-state index contributed by atoms with van der Waals surface area (Å²) >= 11 is 6.13. The molecular weight excluding hydrogens is 362 g/mol. The minimum atomic E-state index is -0.0877. The van der Waals surface area contributed by atoms with E-state index in [4.69, 9.17) is 16.3 Å². The highest BCUT2D eigenvalue weighted by Crippen LogP contribution is 2.23. The fourth-order valence-corrected chi connectivity index (χ4v) is 3.23. The van der Waals surface area contributed by atoms with Gasteiger partial charge in [0.1, 0.15) is 5.75 Å². The van der Waals surface area contributed by atoms with E-state index < -0.39 is 0 Å². The van der Waals surface area contributed by atoms with Crippen molar-refractivity contribution in [1.82, 2.24) is 4.90 Å². The summed E-state index contributed by atoms with van der Waals surface area (Å²) in [6.45, 7) is 8.92. The van der Waals surface area contributed by atoms with Crippen molar-refractivity contribution < 1.29 is 9.53 Å². The Bertz CT molecular complexity index is 785. The summed E-state index contributed by atoms with van der Waals surface area (Å²) in [5.41, 5.74) is 2.86. The van der Waals surface area contributed by atoms with E-state index in [0.717, 1.165) is 35.8 Å². The number of carbonyl (C=O) groups is 1. The number of piperazine rings is 1. The Morgan fingerprint density at radius 2 is 1.74 bits per heavy atom. The lowest BCUT2D eigenvalue weighted by Crippen LogP contribution is -2.50. The average Bonchev–Trinajstić information content (AvgIpc) is 2.65. The SMILES string of the molecule is Cc1ccc(NC(=O)N2CCN(c3ccc(OC(C)C)cc3)CC2)cc1Cl. The van der Waals surface area contributed by atoms with Crippen LogP contribution in [-0.2, 0) is 0 Å². The van der Waals surface area contributed by atoms with Crippen LogP contribution in [0.15, 0.2) is 42.5 Å². The van der Waals surface area contributed by atoms with Crippen molar-refractivity contribution in [3.05, 3.63) is 53.1 Å². The molecule has 0 spiro atoms. The third-order valence-corrected chi connectivity index (χ3v) is 4.97. The molecule has 3 rings (SSSR count). The molecule has 2 aromatic carbocycles. The van der Waals surface area contributed by atoms with Gasteiger partial charge >= 0.3 is 6.03 Å². The number of hydrogen-bond acceptors (Lipinski definition) is 3. The summed E-state index contributed by atoms with van der Waals surface area (Å²) in [7, 11) is 0. The number of nitrogens with zero attached hydrogens (tertiary/aromatic N) is 2. The van der Waals surface area contributed by atoms with Gasteiger partial charge in [-0.2, -0.15) is 0 Å². The molecule has 144 valence electrons. The molecule has 1 heterocycles. The molecule has 27 heavy (non-hydrogen) atoms. The van der Waals surface area contributed by atoms with E-state index in [1.165, 1.54) is 0 Å². The molecule has 6 heteroatoms. The highest BCUT2D eigenvalue weighted by Gasteiger charge is 2.21. The third kappa shape index (κ3) is 5.07. The van der Waals surface area contributed by atoms with Gasteiger partial charge in [0, 0.05) is 42.6 Å². The molecule has 0 aliphatic carbocycles. The third-order valence-electron chi connectivity index (χ3n) is 4.56. The number of carbonyl (C=O) groups excluding carboxylic acids is 1. The number of rotatable bonds is 4. The number of urea groups is 1. The summed E-state index contributed by atoms with van der Waals surface area (Å²) in [4.78, 5) is 16.6. The van der Waals surface area contributed by atoms with E-state index in [0.29, 0.717) is 18.1 Å². The molecule has 0 atom stereocenters. The van der Waals surface area contributed by atoms with Gasteiger partial charge in [-0.3, -0.25) is 0 Å². The Morgan fingerprint density at radius 3 is 2.33 bits per heavy atom. The van der Waals surface area contributed by atoms with Crippen LogP contribution in [0, 0.1) is 6.92 Å². The van der Waals surface area contributed by atoms with Gasteiger partial charge in [-0.1, -0.05) is 17.7 Å². The topological polar surface area (TPSA) is 44.8 Å². The van der Waals surface area contributed by atoms with Crippen molar-refractivity contribution in [1.29, 1.82) is 0 Å². The zero-order chi connectivity index (χ0) is 19.4. The van der Waals surface area contributed by atoms with Crippen molar-refractivity contribution >= 4 is 29.0 Å². The maximum atomic E-state index is 12.5. The summed E-state index contributed by atoms with van der Waals surface area (Å²) < 4.78 is 5.69. The number of amides is 2. The van der Waals surface area contributed by atoms with Gasteiger partial charge in [0.15, 0.2) is 0 Å². The summed E-state index contributed by atoms with van der Waals surface area (Å²) in [5, 5.41) is 3.58. The molecule has 1 saturated heterocycles. The number of halogens is 1. The van der Waals surface area contributed by atoms with Gasteiger partial charge in [-0.25, -0.2) is 4.79 Å². The number of hydrogen-bond donors (Lipinski definition) is 1. The summed E-state index contributed by atoms with van der Waals surface area (Å²) in [6, 6.07) is 13.6. The number of benzene rings is 2. The smallest absolute Gasteiger partial charge is 0.321 e. The van der Waals surface area contributed by atoms with Crippen molar-refractivity contribution in [3.63, 3.8) is 0 Å². The lowest BCUT2D eigenvalue weighted by molar-refractivity contribution is 0.208. The first-order valence-corrected chi connectivity index (χ1v) is 9.64. The first kappa shape index (κ1) is 19.4. The molecule has 1 aliphatic heterocycles. The van der Waals surface area contributed by atoms with Crippen molar-refractivity contribution in [2.45, 2.75) is 26.9 Å². The predicted molar refractivity (Wildman–Crippen MR) is 111 cm³/mol. The van der Waals surface area contributed by atoms with Gasteiger partial charge in [0.2, 0.25) is 0 Å². The lowest BCUT2D eigenvalue weighted by Gasteiger charge is -2.36. The minimum Gasteiger partial charge on any atom is -0.491 e. The molecule has 0 saturated carbocycles. The van der Waals surface area contributed by atoms with Crippen molar-refractivity contribution in [2.24, 2.45) is 0 Å². The second-order valence-corrected chi connectivity index (χ2v) is 7.44. The molecule has 5 nitrogen and oxygen atoms in total. The van der Waals surface area contributed by atoms with Gasteiger partial charge < -0.3 is 19.9 Å². The van der Waals surface area contributed by atoms with Crippen LogP contribution in [0.25, 0.3) is 0 Å². The van der Waals surface area contributed by atoms with E-state index >= 15 is 0 Å². The zero-order valence-electron chi connectivity index (χ0n) is 16.0. The maximum absolute atomic E-state index is 12.5. The first-order chi connectivity index (χ1) is 12.9. The van der Waals surface area contributed by atoms with Crippen LogP contribution in [0.3, 0.4) is 0 Å². The Labute approximate surface area is 165 Å². The zero-order valence-corrected chi connectivity index (χ0v) is 16.8. The minimum absolute atomic E-state index is 0.0877. The predicted octanol–water partition coefficient (Wildman–Crippen LogP) is 4.79. The molecule has 0 bridgehead atoms. The van der Waals surface area contributed by atoms with Crippen molar-refractivity contribution in [3.8, 4) is 5.75 Å². The molecule has 2 amide bonds. The number of anilines is 2. The Kier molecular flexibility index (Phi) is 6.11. The van der Waals surface area contributed by atoms with Crippen LogP contribution in [0.5, 0.6) is 5.75 Å². The van der Waals surface area contributed by atoms with E-state index in [1.54, 1.807) is 6.07 Å². The molecule has 2 aromatic rings. The van der Waals surface area contributed by atoms with Gasteiger partial charge in [-0.05, 0) is 62.7 Å². The quantitative estimate of drug-likeness (QED) is 0.820. The van der Waals surface area contributed by atoms with Gasteiger partial charge in [0.25, 0.3) is 0 Å². The largest absolute Gasteiger partial charge is 0.491 e. The molecule has 1 fully saturated rings. The van der Waals surface area contributed by atoms with Crippen LogP contribution in [0.4, 0.5) is 16.2 Å². The normalized spacial score (nSPS) is 14.4. The molecule has 0 aromatic heterocycles. The van der Waals surface area contributed by atoms with Crippen LogP contribution < -0.4 is 15.0 Å². The molecular formula is C21H26ClN3O2. The monoisotopic (exact) mass is 387 g/mol. The lowest BCUT2D eigenvalue weighted by atomic mass is 10.2. The highest BCUT2D eigenvalue weighted by atomic mass is 35.5. The van der Waals surface area contributed by atoms with E-state index in [-0.39, 0.29) is 12.1 Å². The first-order valence-electron chi connectivity index (χ1n) is 9.26. The van der Waals surface area contributed by atoms with E-state index in [9.17, 15) is 4.79 Å². The Balaban J connectivity index is 1.53. The second kappa shape index (κ2) is 8.53. The molecule has 0 unspecified atom stereocenters. The van der Waals surface area contributed by atoms with Crippen LogP contribution in [0.1, 0.15) is 19.4 Å². The fourth-order valence-electron chi connectivity index (χ4n) is 3.05. The molecule has 1 aliphatic rings. The Morgan fingerprint density at radius 1 is 1.07 bits per heavy atom. The van der Waals surface area contributed by atoms with Crippen molar-refractivity contribution in [2.75, 3.05) is 36.4 Å². The van der Waals surface area contributed by atoms with E-state index in [1.807, 2.05) is 49.9 Å². The number of ether oxygens (including phenoxy) is 1. The fraction of sp³-hybridized carbons (Fsp3) is 0.381. The second-order valence-electron chi connectivity index (χ2n) is 7.03. The number of aryl methyl sites for hydroxylation is 1. The molecule has 0 radical (unpaired) electrons. The highest BCUT2D eigenvalue weighted by molar-refractivity contribution is 6.31. The van der Waals surface area contributed by atoms with Crippen LogP contribution >= 0.6 is 11.6 Å². The standard InChI is InChI=1S/C21H26ClN3O2/c1-15(2)27-19-8-6-18(7-9-19)24-10-12-25(13-11-24)21(26)23-17-5-4-16(3)20(22)14-17/h4-9,14-15H,10-13H2,1-3H3,(H,23,26).